The van der Waals surface area contributed by atoms with Gasteiger partial charge in [-0.3, -0.25) is 4.98 Å². The normalized spacial score (nSPS) is 10.6. The summed E-state index contributed by atoms with van der Waals surface area (Å²) >= 11 is 1.67. The van der Waals surface area contributed by atoms with Crippen LogP contribution in [-0.4, -0.2) is 23.6 Å². The summed E-state index contributed by atoms with van der Waals surface area (Å²) in [5.74, 6) is 1.74. The van der Waals surface area contributed by atoms with Crippen molar-refractivity contribution in [3.8, 4) is 5.75 Å². The lowest BCUT2D eigenvalue weighted by molar-refractivity contribution is 0.411. The first-order valence-electron chi connectivity index (χ1n) is 7.08. The molecule has 0 aliphatic carbocycles. The minimum Gasteiger partial charge on any atom is -0.496 e. The highest BCUT2D eigenvalue weighted by Gasteiger charge is 2.06. The fourth-order valence-corrected chi connectivity index (χ4v) is 2.78. The van der Waals surface area contributed by atoms with Crippen LogP contribution in [0.5, 0.6) is 5.75 Å². The molecule has 0 amide bonds. The number of hydrogen-bond donors (Lipinski definition) is 1. The second-order valence-corrected chi connectivity index (χ2v) is 5.65. The van der Waals surface area contributed by atoms with Crippen molar-refractivity contribution in [2.45, 2.75) is 30.7 Å². The maximum absolute atomic E-state index is 5.44. The minimum absolute atomic E-state index is 0.823. The number of thioether (sulfide) groups is 1. The van der Waals surface area contributed by atoms with E-state index in [1.165, 1.54) is 11.1 Å². The van der Waals surface area contributed by atoms with Crippen LogP contribution in [0.3, 0.4) is 0 Å². The third-order valence-electron chi connectivity index (χ3n) is 3.02. The van der Waals surface area contributed by atoms with E-state index in [0.29, 0.717) is 0 Å². The summed E-state index contributed by atoms with van der Waals surface area (Å²) < 4.78 is 5.44. The Kier molecular flexibility index (Phi) is 6.50. The van der Waals surface area contributed by atoms with Crippen LogP contribution < -0.4 is 10.1 Å². The monoisotopic (exact) mass is 303 g/mol. The molecule has 5 heteroatoms. The van der Waals surface area contributed by atoms with Gasteiger partial charge in [-0.15, -0.1) is 0 Å². The fraction of sp³-hybridized carbons (Fsp3) is 0.375. The molecular weight excluding hydrogens is 282 g/mol. The van der Waals surface area contributed by atoms with E-state index in [0.717, 1.165) is 36.0 Å². The number of benzene rings is 1. The first kappa shape index (κ1) is 15.8. The Hall–Kier alpha value is -1.59. The molecule has 1 aromatic carbocycles. The first-order chi connectivity index (χ1) is 10.3. The summed E-state index contributed by atoms with van der Waals surface area (Å²) in [7, 11) is 1.71. The topological polar surface area (TPSA) is 47.0 Å². The van der Waals surface area contributed by atoms with Crippen molar-refractivity contribution in [3.05, 3.63) is 47.9 Å². The molecule has 2 rings (SSSR count). The van der Waals surface area contributed by atoms with Crippen molar-refractivity contribution < 1.29 is 4.74 Å². The molecule has 112 valence electrons. The molecule has 1 N–H and O–H groups in total. The largest absolute Gasteiger partial charge is 0.496 e. The Bertz CT molecular complexity index is 548. The number of rotatable bonds is 8. The van der Waals surface area contributed by atoms with Gasteiger partial charge in [0, 0.05) is 30.3 Å². The lowest BCUT2D eigenvalue weighted by Gasteiger charge is -2.11. The number of nitrogens with zero attached hydrogens (tertiary/aromatic N) is 2. The van der Waals surface area contributed by atoms with Gasteiger partial charge in [-0.1, -0.05) is 24.8 Å². The fourth-order valence-electron chi connectivity index (χ4n) is 1.98. The van der Waals surface area contributed by atoms with Gasteiger partial charge in [0.25, 0.3) is 0 Å². The predicted molar refractivity (Wildman–Crippen MR) is 86.6 cm³/mol. The van der Waals surface area contributed by atoms with Crippen molar-refractivity contribution in [3.63, 3.8) is 0 Å². The van der Waals surface area contributed by atoms with Crippen LogP contribution in [0.4, 0.5) is 0 Å². The average molecular weight is 303 g/mol. The van der Waals surface area contributed by atoms with Crippen LogP contribution in [-0.2, 0) is 12.3 Å². The van der Waals surface area contributed by atoms with Gasteiger partial charge in [-0.2, -0.15) is 0 Å². The van der Waals surface area contributed by atoms with Crippen LogP contribution in [0.15, 0.2) is 41.8 Å². The Labute approximate surface area is 130 Å². The van der Waals surface area contributed by atoms with Gasteiger partial charge < -0.3 is 10.1 Å². The van der Waals surface area contributed by atoms with Crippen LogP contribution in [0, 0.1) is 0 Å². The molecule has 0 aliphatic rings. The van der Waals surface area contributed by atoms with Gasteiger partial charge >= 0.3 is 0 Å². The van der Waals surface area contributed by atoms with E-state index in [1.807, 2.05) is 6.07 Å². The summed E-state index contributed by atoms with van der Waals surface area (Å²) in [6, 6.07) is 6.35. The van der Waals surface area contributed by atoms with Crippen molar-refractivity contribution >= 4 is 11.8 Å². The zero-order valence-electron chi connectivity index (χ0n) is 12.5. The predicted octanol–water partition coefficient (Wildman–Crippen LogP) is 3.28. The van der Waals surface area contributed by atoms with Crippen molar-refractivity contribution in [1.29, 1.82) is 0 Å². The third kappa shape index (κ3) is 5.02. The number of hydrogen-bond acceptors (Lipinski definition) is 5. The van der Waals surface area contributed by atoms with Gasteiger partial charge in [-0.25, -0.2) is 4.98 Å². The smallest absolute Gasteiger partial charge is 0.122 e. The first-order valence-corrected chi connectivity index (χ1v) is 8.07. The van der Waals surface area contributed by atoms with Gasteiger partial charge in [0.15, 0.2) is 0 Å². The maximum atomic E-state index is 5.44. The number of aromatic nitrogens is 2. The summed E-state index contributed by atoms with van der Waals surface area (Å²) in [4.78, 5) is 8.36. The highest BCUT2D eigenvalue weighted by Crippen LogP contribution is 2.27. The summed E-state index contributed by atoms with van der Waals surface area (Å²) in [6.07, 6.45) is 6.32. The van der Waals surface area contributed by atoms with Crippen LogP contribution in [0.2, 0.25) is 0 Å². The molecule has 0 aliphatic heterocycles. The number of nitrogens with one attached hydrogen (secondary N) is 1. The van der Waals surface area contributed by atoms with E-state index in [2.05, 4.69) is 34.3 Å². The molecule has 0 bridgehead atoms. The van der Waals surface area contributed by atoms with E-state index in [1.54, 1.807) is 37.5 Å². The standard InChI is InChI=1S/C16H21N3OS/c1-3-6-17-10-13-4-5-15(20-2)14(9-13)12-21-16-11-18-7-8-19-16/h4-5,7-9,11,17H,3,6,10,12H2,1-2H3. The van der Waals surface area contributed by atoms with Gasteiger partial charge in [-0.05, 0) is 30.7 Å². The Morgan fingerprint density at radius 1 is 1.29 bits per heavy atom. The number of ether oxygens (including phenoxy) is 1. The van der Waals surface area contributed by atoms with E-state index in [9.17, 15) is 0 Å². The van der Waals surface area contributed by atoms with Crippen LogP contribution >= 0.6 is 11.8 Å². The van der Waals surface area contributed by atoms with Gasteiger partial charge in [0.2, 0.25) is 0 Å². The molecule has 0 atom stereocenters. The van der Waals surface area contributed by atoms with Crippen LogP contribution in [0.1, 0.15) is 24.5 Å². The molecular formula is C16H21N3OS. The Morgan fingerprint density at radius 3 is 2.90 bits per heavy atom. The Morgan fingerprint density at radius 2 is 2.19 bits per heavy atom. The Balaban J connectivity index is 2.03. The molecule has 1 aromatic heterocycles. The number of methoxy groups -OCH3 is 1. The van der Waals surface area contributed by atoms with Crippen molar-refractivity contribution in [2.24, 2.45) is 0 Å². The minimum atomic E-state index is 0.823. The highest BCUT2D eigenvalue weighted by molar-refractivity contribution is 7.98. The molecule has 1 heterocycles. The molecule has 0 saturated heterocycles. The molecule has 0 fully saturated rings. The quantitative estimate of drug-likeness (QED) is 0.599. The zero-order chi connectivity index (χ0) is 14.9. The van der Waals surface area contributed by atoms with E-state index < -0.39 is 0 Å². The lowest BCUT2D eigenvalue weighted by Crippen LogP contribution is -2.13. The average Bonchev–Trinajstić information content (AvgIpc) is 2.54. The molecule has 4 nitrogen and oxygen atoms in total. The van der Waals surface area contributed by atoms with Crippen molar-refractivity contribution in [1.82, 2.24) is 15.3 Å². The molecule has 0 spiro atoms. The molecule has 0 unspecified atom stereocenters. The highest BCUT2D eigenvalue weighted by atomic mass is 32.2. The van der Waals surface area contributed by atoms with Crippen LogP contribution in [0.25, 0.3) is 0 Å². The molecule has 0 radical (unpaired) electrons. The second-order valence-electron chi connectivity index (χ2n) is 4.66. The van der Waals surface area contributed by atoms with Gasteiger partial charge in [0.1, 0.15) is 10.8 Å². The van der Waals surface area contributed by atoms with E-state index >= 15 is 0 Å². The second kappa shape index (κ2) is 8.64. The van der Waals surface area contributed by atoms with Gasteiger partial charge in [0.05, 0.1) is 13.3 Å². The summed E-state index contributed by atoms with van der Waals surface area (Å²) in [6.45, 7) is 4.10. The molecule has 0 saturated carbocycles. The van der Waals surface area contributed by atoms with Crippen molar-refractivity contribution in [2.75, 3.05) is 13.7 Å². The summed E-state index contributed by atoms with van der Waals surface area (Å²) in [5.41, 5.74) is 2.46. The molecule has 2 aromatic rings. The SMILES string of the molecule is CCCNCc1ccc(OC)c(CSc2cnccn2)c1. The third-order valence-corrected chi connectivity index (χ3v) is 3.98. The van der Waals surface area contributed by atoms with E-state index in [-0.39, 0.29) is 0 Å². The molecule has 21 heavy (non-hydrogen) atoms. The maximum Gasteiger partial charge on any atom is 0.122 e. The van der Waals surface area contributed by atoms with E-state index in [4.69, 9.17) is 4.74 Å². The zero-order valence-corrected chi connectivity index (χ0v) is 13.3. The summed E-state index contributed by atoms with van der Waals surface area (Å²) in [5, 5.41) is 4.34. The lowest BCUT2D eigenvalue weighted by atomic mass is 10.1.